The van der Waals surface area contributed by atoms with Crippen LogP contribution in [0, 0.1) is 11.7 Å². The molecule has 0 aromatic heterocycles. The Labute approximate surface area is 189 Å². The molecule has 3 atom stereocenters. The van der Waals surface area contributed by atoms with Crippen molar-refractivity contribution in [3.63, 3.8) is 0 Å². The van der Waals surface area contributed by atoms with Gasteiger partial charge in [-0.25, -0.2) is 9.82 Å². The fraction of sp³-hybridized carbons (Fsp3) is 0.429. The molecule has 5 N–H and O–H groups in total. The molecular formula is C21H25ClFN5O4. The van der Waals surface area contributed by atoms with Crippen molar-refractivity contribution in [3.05, 3.63) is 40.7 Å². The van der Waals surface area contributed by atoms with Crippen LogP contribution in [0.1, 0.15) is 31.2 Å². The molecule has 2 aliphatic heterocycles. The summed E-state index contributed by atoms with van der Waals surface area (Å²) >= 11 is 5.73. The minimum atomic E-state index is -1.03. The monoisotopic (exact) mass is 465 g/mol. The molecule has 0 aliphatic carbocycles. The first-order chi connectivity index (χ1) is 15.3. The van der Waals surface area contributed by atoms with Crippen LogP contribution in [0.25, 0.3) is 6.08 Å². The molecule has 9 nitrogen and oxygen atoms in total. The summed E-state index contributed by atoms with van der Waals surface area (Å²) in [4.78, 5) is 49.3. The smallest absolute Gasteiger partial charge is 0.261 e. The Balaban J connectivity index is 1.68. The van der Waals surface area contributed by atoms with Crippen LogP contribution in [0.2, 0.25) is 5.02 Å². The number of rotatable bonds is 7. The fourth-order valence-corrected chi connectivity index (χ4v) is 3.92. The number of hydrazine groups is 1. The second-order valence-corrected chi connectivity index (χ2v) is 8.19. The Bertz CT molecular complexity index is 941. The summed E-state index contributed by atoms with van der Waals surface area (Å²) in [7, 11) is 0. The number of carbonyl (C=O) groups excluding carboxylic acids is 4. The Morgan fingerprint density at radius 2 is 2.09 bits per heavy atom. The van der Waals surface area contributed by atoms with Gasteiger partial charge in [-0.05, 0) is 43.9 Å². The highest BCUT2D eigenvalue weighted by Gasteiger charge is 2.35. The summed E-state index contributed by atoms with van der Waals surface area (Å²) in [6.07, 6.45) is 4.09. The molecule has 0 bridgehead atoms. The van der Waals surface area contributed by atoms with E-state index in [4.69, 9.17) is 17.3 Å². The van der Waals surface area contributed by atoms with E-state index in [-0.39, 0.29) is 22.9 Å². The van der Waals surface area contributed by atoms with Crippen LogP contribution in [-0.4, -0.2) is 53.8 Å². The summed E-state index contributed by atoms with van der Waals surface area (Å²) < 4.78 is 13.9. The second-order valence-electron chi connectivity index (χ2n) is 7.75. The lowest BCUT2D eigenvalue weighted by atomic mass is 9.97. The average molecular weight is 466 g/mol. The number of nitrogens with one attached hydrogen (secondary N) is 3. The number of nitrogens with zero attached hydrogens (tertiary/aromatic N) is 1. The Hall–Kier alpha value is -2.98. The van der Waals surface area contributed by atoms with E-state index in [0.717, 1.165) is 17.2 Å². The van der Waals surface area contributed by atoms with Gasteiger partial charge in [0, 0.05) is 35.7 Å². The lowest BCUT2D eigenvalue weighted by Crippen LogP contribution is -2.60. The van der Waals surface area contributed by atoms with Gasteiger partial charge in [-0.1, -0.05) is 17.7 Å². The zero-order valence-corrected chi connectivity index (χ0v) is 18.0. The van der Waals surface area contributed by atoms with E-state index in [1.807, 2.05) is 0 Å². The van der Waals surface area contributed by atoms with E-state index >= 15 is 0 Å². The first kappa shape index (κ1) is 23.7. The lowest BCUT2D eigenvalue weighted by Gasteiger charge is -2.35. The molecule has 2 saturated heterocycles. The number of carbonyl (C=O) groups is 4. The largest absolute Gasteiger partial charge is 0.368 e. The molecule has 11 heteroatoms. The molecule has 0 radical (unpaired) electrons. The van der Waals surface area contributed by atoms with Crippen LogP contribution in [0.15, 0.2) is 24.3 Å². The van der Waals surface area contributed by atoms with Crippen molar-refractivity contribution in [1.29, 1.82) is 0 Å². The molecular weight excluding hydrogens is 441 g/mol. The second kappa shape index (κ2) is 10.6. The van der Waals surface area contributed by atoms with Crippen molar-refractivity contribution < 1.29 is 23.6 Å². The van der Waals surface area contributed by atoms with Gasteiger partial charge in [0.1, 0.15) is 17.9 Å². The van der Waals surface area contributed by atoms with Crippen molar-refractivity contribution in [2.45, 2.75) is 37.8 Å². The number of hydrogen-bond acceptors (Lipinski definition) is 5. The van der Waals surface area contributed by atoms with Gasteiger partial charge in [-0.2, -0.15) is 0 Å². The minimum Gasteiger partial charge on any atom is -0.368 e. The first-order valence-electron chi connectivity index (χ1n) is 10.3. The number of benzene rings is 1. The van der Waals surface area contributed by atoms with Crippen LogP contribution in [-0.2, 0) is 19.2 Å². The molecule has 2 heterocycles. The molecule has 172 valence electrons. The maximum atomic E-state index is 13.9. The van der Waals surface area contributed by atoms with E-state index < -0.39 is 41.5 Å². The molecule has 0 spiro atoms. The van der Waals surface area contributed by atoms with Crippen LogP contribution >= 0.6 is 11.6 Å². The zero-order valence-electron chi connectivity index (χ0n) is 17.3. The third-order valence-electron chi connectivity index (χ3n) is 5.50. The number of primary amides is 1. The normalized spacial score (nSPS) is 21.9. The molecule has 2 fully saturated rings. The molecule has 32 heavy (non-hydrogen) atoms. The van der Waals surface area contributed by atoms with E-state index in [1.165, 1.54) is 18.2 Å². The van der Waals surface area contributed by atoms with Gasteiger partial charge in [0.05, 0.1) is 0 Å². The lowest BCUT2D eigenvalue weighted by molar-refractivity contribution is -0.143. The van der Waals surface area contributed by atoms with Gasteiger partial charge in [0.15, 0.2) is 0 Å². The molecule has 4 amide bonds. The number of hydrogen-bond donors (Lipinski definition) is 4. The van der Waals surface area contributed by atoms with Crippen molar-refractivity contribution in [2.75, 3.05) is 13.1 Å². The van der Waals surface area contributed by atoms with Gasteiger partial charge >= 0.3 is 0 Å². The third kappa shape index (κ3) is 5.83. The summed E-state index contributed by atoms with van der Waals surface area (Å²) in [6.45, 7) is 0.985. The van der Waals surface area contributed by atoms with Crippen molar-refractivity contribution >= 4 is 41.3 Å². The molecule has 1 aromatic carbocycles. The maximum absolute atomic E-state index is 13.9. The predicted molar refractivity (Wildman–Crippen MR) is 115 cm³/mol. The highest BCUT2D eigenvalue weighted by atomic mass is 35.5. The topological polar surface area (TPSA) is 134 Å². The Kier molecular flexibility index (Phi) is 7.81. The molecule has 0 saturated carbocycles. The SMILES string of the molecule is NC(=O)[C@H](C[C@@H]1CCNC1=O)NC(=O)[C@@H]1CCCNN1C(=O)/C=C/c1ccc(Cl)cc1F. The molecule has 1 aromatic rings. The van der Waals surface area contributed by atoms with Crippen LogP contribution < -0.4 is 21.8 Å². The van der Waals surface area contributed by atoms with Gasteiger partial charge in [0.25, 0.3) is 5.91 Å². The van der Waals surface area contributed by atoms with Gasteiger partial charge in [-0.15, -0.1) is 0 Å². The summed E-state index contributed by atoms with van der Waals surface area (Å²) in [6, 6.07) is 2.14. The Morgan fingerprint density at radius 1 is 1.31 bits per heavy atom. The predicted octanol–water partition coefficient (Wildman–Crippen LogP) is 0.484. The van der Waals surface area contributed by atoms with E-state index in [9.17, 15) is 23.6 Å². The zero-order chi connectivity index (χ0) is 23.3. The first-order valence-corrected chi connectivity index (χ1v) is 10.7. The summed E-state index contributed by atoms with van der Waals surface area (Å²) in [5.41, 5.74) is 8.47. The van der Waals surface area contributed by atoms with E-state index in [2.05, 4.69) is 16.1 Å². The van der Waals surface area contributed by atoms with Crippen molar-refractivity contribution in [3.8, 4) is 0 Å². The van der Waals surface area contributed by atoms with Crippen LogP contribution in [0.5, 0.6) is 0 Å². The average Bonchev–Trinajstić information content (AvgIpc) is 3.16. The van der Waals surface area contributed by atoms with Crippen LogP contribution in [0.4, 0.5) is 4.39 Å². The van der Waals surface area contributed by atoms with Gasteiger partial charge < -0.3 is 16.4 Å². The van der Waals surface area contributed by atoms with Crippen LogP contribution in [0.3, 0.4) is 0 Å². The van der Waals surface area contributed by atoms with E-state index in [1.54, 1.807) is 0 Å². The molecule has 3 rings (SSSR count). The van der Waals surface area contributed by atoms with Crippen molar-refractivity contribution in [1.82, 2.24) is 21.1 Å². The number of halogens is 2. The summed E-state index contributed by atoms with van der Waals surface area (Å²) in [5.74, 6) is -3.03. The minimum absolute atomic E-state index is 0.0940. The highest BCUT2D eigenvalue weighted by molar-refractivity contribution is 6.30. The van der Waals surface area contributed by atoms with Crippen molar-refractivity contribution in [2.24, 2.45) is 11.7 Å². The maximum Gasteiger partial charge on any atom is 0.261 e. The summed E-state index contributed by atoms with van der Waals surface area (Å²) in [5, 5.41) is 6.65. The quantitative estimate of drug-likeness (QED) is 0.435. The molecule has 2 aliphatic rings. The number of amides is 4. The molecule has 0 unspecified atom stereocenters. The van der Waals surface area contributed by atoms with Gasteiger partial charge in [0.2, 0.25) is 17.7 Å². The highest BCUT2D eigenvalue weighted by Crippen LogP contribution is 2.19. The standard InChI is InChI=1S/C21H25ClFN5O4/c22-14-5-3-12(15(23)11-14)4-6-18(29)28-17(2-1-8-26-28)21(32)27-16(19(24)30)10-13-7-9-25-20(13)31/h3-6,11,13,16-17,26H,1-2,7-10H2,(H2,24,30)(H,25,31)(H,27,32)/b6-4+/t13-,16-,17-/m0/s1. The number of nitrogens with two attached hydrogens (primary N) is 1. The fourth-order valence-electron chi connectivity index (χ4n) is 3.76. The van der Waals surface area contributed by atoms with Gasteiger partial charge in [-0.3, -0.25) is 24.2 Å². The Morgan fingerprint density at radius 3 is 2.75 bits per heavy atom. The van der Waals surface area contributed by atoms with E-state index in [0.29, 0.717) is 32.4 Å². The third-order valence-corrected chi connectivity index (χ3v) is 5.73.